The van der Waals surface area contributed by atoms with Crippen LogP contribution in [-0.2, 0) is 4.74 Å². The minimum Gasteiger partial charge on any atom is -0.374 e. The van der Waals surface area contributed by atoms with Crippen LogP contribution in [0.3, 0.4) is 0 Å². The van der Waals surface area contributed by atoms with Crippen molar-refractivity contribution in [3.8, 4) is 0 Å². The highest BCUT2D eigenvalue weighted by atomic mass is 19.3. The summed E-state index contributed by atoms with van der Waals surface area (Å²) in [5.41, 5.74) is 0.865. The molecule has 1 atom stereocenters. The summed E-state index contributed by atoms with van der Waals surface area (Å²) < 4.78 is 28.6. The fourth-order valence-corrected chi connectivity index (χ4v) is 2.01. The van der Waals surface area contributed by atoms with E-state index in [0.29, 0.717) is 6.54 Å². The molecule has 0 spiro atoms. The first-order valence-electron chi connectivity index (χ1n) is 6.88. The third kappa shape index (κ3) is 6.59. The monoisotopic (exact) mass is 302 g/mol. The largest absolute Gasteiger partial charge is 0.374 e. The number of rotatable bonds is 10. The van der Waals surface area contributed by atoms with Crippen LogP contribution in [0.5, 0.6) is 0 Å². The Kier molecular flexibility index (Phi) is 7.78. The molecule has 21 heavy (non-hydrogen) atoms. The number of hydrogen-bond acceptors (Lipinski definition) is 4. The Balaban J connectivity index is 2.56. The standard InChI is InChI=1S/C14H20F2N2O3/c1-2-4-13(17-7-8-21-10-14(15)16)11-5-3-6-12(9-11)18(19)20/h3,5-6,9,13-14,17H,2,4,7-8,10H2,1H3. The van der Waals surface area contributed by atoms with Gasteiger partial charge in [0.25, 0.3) is 12.1 Å². The zero-order valence-electron chi connectivity index (χ0n) is 11.9. The lowest BCUT2D eigenvalue weighted by molar-refractivity contribution is -0.384. The summed E-state index contributed by atoms with van der Waals surface area (Å²) in [5.74, 6) is 0. The van der Waals surface area contributed by atoms with Crippen molar-refractivity contribution in [2.75, 3.05) is 19.8 Å². The summed E-state index contributed by atoms with van der Waals surface area (Å²) in [6.07, 6.45) is -0.762. The first kappa shape index (κ1) is 17.5. The SMILES string of the molecule is CCCC(NCCOCC(F)F)c1cccc([N+](=O)[O-])c1. The third-order valence-corrected chi connectivity index (χ3v) is 2.94. The summed E-state index contributed by atoms with van der Waals surface area (Å²) in [6.45, 7) is 2.04. The molecule has 0 saturated heterocycles. The Morgan fingerprint density at radius 1 is 1.43 bits per heavy atom. The Labute approximate surface area is 122 Å². The van der Waals surface area contributed by atoms with Crippen LogP contribution in [-0.4, -0.2) is 31.1 Å². The normalized spacial score (nSPS) is 12.6. The Hall–Kier alpha value is -1.60. The number of alkyl halides is 2. The second-order valence-electron chi connectivity index (χ2n) is 4.61. The van der Waals surface area contributed by atoms with Crippen molar-refractivity contribution in [3.05, 3.63) is 39.9 Å². The van der Waals surface area contributed by atoms with Crippen molar-refractivity contribution < 1.29 is 18.4 Å². The lowest BCUT2D eigenvalue weighted by Gasteiger charge is -2.18. The molecule has 7 heteroatoms. The number of hydrogen-bond donors (Lipinski definition) is 1. The number of nitrogens with one attached hydrogen (secondary N) is 1. The molecule has 0 aliphatic carbocycles. The minimum absolute atomic E-state index is 0.0457. The van der Waals surface area contributed by atoms with Crippen molar-refractivity contribution in [2.45, 2.75) is 32.2 Å². The van der Waals surface area contributed by atoms with Gasteiger partial charge in [-0.05, 0) is 12.0 Å². The van der Waals surface area contributed by atoms with E-state index in [1.54, 1.807) is 6.07 Å². The van der Waals surface area contributed by atoms with Crippen molar-refractivity contribution in [2.24, 2.45) is 0 Å². The molecule has 0 aliphatic rings. The average Bonchev–Trinajstić information content (AvgIpc) is 2.45. The van der Waals surface area contributed by atoms with Crippen molar-refractivity contribution in [1.29, 1.82) is 0 Å². The van der Waals surface area contributed by atoms with E-state index in [9.17, 15) is 18.9 Å². The van der Waals surface area contributed by atoms with Gasteiger partial charge in [-0.1, -0.05) is 25.5 Å². The molecular weight excluding hydrogens is 282 g/mol. The lowest BCUT2D eigenvalue weighted by atomic mass is 10.0. The highest BCUT2D eigenvalue weighted by molar-refractivity contribution is 5.35. The van der Waals surface area contributed by atoms with Crippen LogP contribution in [0.15, 0.2) is 24.3 Å². The molecule has 1 aromatic rings. The average molecular weight is 302 g/mol. The van der Waals surface area contributed by atoms with Crippen molar-refractivity contribution in [1.82, 2.24) is 5.32 Å². The van der Waals surface area contributed by atoms with E-state index in [4.69, 9.17) is 4.74 Å². The fraction of sp³-hybridized carbons (Fsp3) is 0.571. The minimum atomic E-state index is -2.46. The molecular formula is C14H20F2N2O3. The summed E-state index contributed by atoms with van der Waals surface area (Å²) in [6, 6.07) is 6.39. The van der Waals surface area contributed by atoms with Crippen molar-refractivity contribution >= 4 is 5.69 Å². The zero-order chi connectivity index (χ0) is 15.7. The van der Waals surface area contributed by atoms with E-state index in [1.807, 2.05) is 13.0 Å². The predicted octanol–water partition coefficient (Wildman–Crippen LogP) is 3.31. The van der Waals surface area contributed by atoms with Gasteiger partial charge in [-0.2, -0.15) is 0 Å². The molecule has 0 aliphatic heterocycles. The van der Waals surface area contributed by atoms with Gasteiger partial charge in [0.15, 0.2) is 0 Å². The predicted molar refractivity (Wildman–Crippen MR) is 75.6 cm³/mol. The Morgan fingerprint density at radius 3 is 2.81 bits per heavy atom. The number of nitro benzene ring substituents is 1. The van der Waals surface area contributed by atoms with Crippen LogP contribution in [0.1, 0.15) is 31.4 Å². The molecule has 1 aromatic carbocycles. The van der Waals surface area contributed by atoms with Gasteiger partial charge < -0.3 is 10.1 Å². The summed E-state index contributed by atoms with van der Waals surface area (Å²) in [5, 5.41) is 14.0. The number of non-ortho nitro benzene ring substituents is 1. The summed E-state index contributed by atoms with van der Waals surface area (Å²) >= 11 is 0. The molecule has 0 radical (unpaired) electrons. The number of ether oxygens (including phenoxy) is 1. The molecule has 0 aromatic heterocycles. The number of benzene rings is 1. The first-order chi connectivity index (χ1) is 10.0. The van der Waals surface area contributed by atoms with Gasteiger partial charge in [0.05, 0.1) is 11.5 Å². The van der Waals surface area contributed by atoms with Crippen molar-refractivity contribution in [3.63, 3.8) is 0 Å². The zero-order valence-corrected chi connectivity index (χ0v) is 11.9. The maximum absolute atomic E-state index is 11.9. The van der Waals surface area contributed by atoms with Crippen LogP contribution in [0.4, 0.5) is 14.5 Å². The van der Waals surface area contributed by atoms with Gasteiger partial charge in [-0.3, -0.25) is 10.1 Å². The van der Waals surface area contributed by atoms with E-state index in [-0.39, 0.29) is 18.3 Å². The molecule has 1 unspecified atom stereocenters. The Bertz CT molecular complexity index is 444. The first-order valence-corrected chi connectivity index (χ1v) is 6.88. The summed E-state index contributed by atoms with van der Waals surface area (Å²) in [4.78, 5) is 10.4. The molecule has 118 valence electrons. The van der Waals surface area contributed by atoms with Crippen LogP contribution in [0.25, 0.3) is 0 Å². The van der Waals surface area contributed by atoms with Crippen LogP contribution in [0, 0.1) is 10.1 Å². The van der Waals surface area contributed by atoms with Gasteiger partial charge >= 0.3 is 0 Å². The highest BCUT2D eigenvalue weighted by Crippen LogP contribution is 2.22. The smallest absolute Gasteiger partial charge is 0.269 e. The van der Waals surface area contributed by atoms with E-state index >= 15 is 0 Å². The third-order valence-electron chi connectivity index (χ3n) is 2.94. The van der Waals surface area contributed by atoms with E-state index in [1.165, 1.54) is 12.1 Å². The number of nitrogens with zero attached hydrogens (tertiary/aromatic N) is 1. The van der Waals surface area contributed by atoms with Gasteiger partial charge in [-0.15, -0.1) is 0 Å². The number of nitro groups is 1. The molecule has 0 bridgehead atoms. The fourth-order valence-electron chi connectivity index (χ4n) is 2.01. The van der Waals surface area contributed by atoms with Gasteiger partial charge in [0.2, 0.25) is 0 Å². The second-order valence-corrected chi connectivity index (χ2v) is 4.61. The maximum atomic E-state index is 11.9. The summed E-state index contributed by atoms with van der Waals surface area (Å²) in [7, 11) is 0. The van der Waals surface area contributed by atoms with E-state index < -0.39 is 18.0 Å². The molecule has 0 fully saturated rings. The molecule has 1 N–H and O–H groups in total. The molecule has 5 nitrogen and oxygen atoms in total. The topological polar surface area (TPSA) is 64.4 Å². The maximum Gasteiger partial charge on any atom is 0.269 e. The highest BCUT2D eigenvalue weighted by Gasteiger charge is 2.13. The van der Waals surface area contributed by atoms with E-state index in [0.717, 1.165) is 18.4 Å². The quantitative estimate of drug-likeness (QED) is 0.409. The second kappa shape index (κ2) is 9.36. The van der Waals surface area contributed by atoms with Crippen LogP contribution >= 0.6 is 0 Å². The van der Waals surface area contributed by atoms with Crippen LogP contribution in [0.2, 0.25) is 0 Å². The van der Waals surface area contributed by atoms with E-state index in [2.05, 4.69) is 5.32 Å². The molecule has 0 amide bonds. The molecule has 1 rings (SSSR count). The van der Waals surface area contributed by atoms with Gasteiger partial charge in [0, 0.05) is 24.7 Å². The lowest BCUT2D eigenvalue weighted by Crippen LogP contribution is -2.26. The Morgan fingerprint density at radius 2 is 2.19 bits per heavy atom. The van der Waals surface area contributed by atoms with Gasteiger partial charge in [-0.25, -0.2) is 8.78 Å². The molecule has 0 heterocycles. The van der Waals surface area contributed by atoms with Gasteiger partial charge in [0.1, 0.15) is 6.61 Å². The molecule has 0 saturated carbocycles. The van der Waals surface area contributed by atoms with Crippen LogP contribution < -0.4 is 5.32 Å². The number of halogens is 2.